The van der Waals surface area contributed by atoms with E-state index in [9.17, 15) is 10.2 Å². The van der Waals surface area contributed by atoms with Crippen LogP contribution in [0.5, 0.6) is 5.75 Å². The zero-order valence-corrected chi connectivity index (χ0v) is 17.3. The molecule has 3 aromatic rings. The number of hydrogen-bond donors (Lipinski definition) is 3. The van der Waals surface area contributed by atoms with Crippen LogP contribution >= 0.6 is 11.6 Å². The van der Waals surface area contributed by atoms with Crippen LogP contribution < -0.4 is 5.32 Å². The van der Waals surface area contributed by atoms with Crippen molar-refractivity contribution in [2.45, 2.75) is 25.6 Å². The van der Waals surface area contributed by atoms with Gasteiger partial charge in [-0.25, -0.2) is 0 Å². The highest BCUT2D eigenvalue weighted by atomic mass is 35.5. The van der Waals surface area contributed by atoms with Crippen LogP contribution in [0, 0.1) is 0 Å². The Morgan fingerprint density at radius 3 is 2.21 bits per heavy atom. The average molecular weight is 411 g/mol. The quantitative estimate of drug-likeness (QED) is 0.430. The number of nitrogens with one attached hydrogen (secondary N) is 1. The first kappa shape index (κ1) is 21.2. The van der Waals surface area contributed by atoms with E-state index < -0.39 is 0 Å². The fraction of sp³-hybridized carbons (Fsp3) is 0.250. The zero-order chi connectivity index (χ0) is 20.6. The molecule has 0 amide bonds. The molecule has 0 heterocycles. The van der Waals surface area contributed by atoms with Crippen LogP contribution in [0.3, 0.4) is 0 Å². The van der Waals surface area contributed by atoms with Gasteiger partial charge in [-0.2, -0.15) is 0 Å². The number of benzene rings is 3. The minimum Gasteiger partial charge on any atom is -0.508 e. The van der Waals surface area contributed by atoms with Crippen LogP contribution in [-0.2, 0) is 6.54 Å². The summed E-state index contributed by atoms with van der Waals surface area (Å²) in [4.78, 5) is 2.27. The van der Waals surface area contributed by atoms with Gasteiger partial charge < -0.3 is 15.5 Å². The number of aliphatic hydroxyl groups is 1. The predicted molar refractivity (Wildman–Crippen MR) is 119 cm³/mol. The van der Waals surface area contributed by atoms with Crippen molar-refractivity contribution in [1.82, 2.24) is 4.90 Å². The van der Waals surface area contributed by atoms with Crippen molar-refractivity contribution < 1.29 is 10.2 Å². The van der Waals surface area contributed by atoms with Crippen LogP contribution in [0.2, 0.25) is 5.02 Å². The van der Waals surface area contributed by atoms with Gasteiger partial charge >= 0.3 is 0 Å². The second kappa shape index (κ2) is 10.3. The van der Waals surface area contributed by atoms with Gasteiger partial charge in [0.25, 0.3) is 0 Å². The van der Waals surface area contributed by atoms with Crippen molar-refractivity contribution in [3.05, 3.63) is 95.0 Å². The number of halogens is 1. The van der Waals surface area contributed by atoms with E-state index in [1.807, 2.05) is 61.5 Å². The molecule has 3 N–H and O–H groups in total. The molecule has 3 rings (SSSR count). The summed E-state index contributed by atoms with van der Waals surface area (Å²) in [5.41, 5.74) is 3.22. The molecule has 4 nitrogen and oxygen atoms in total. The first-order valence-electron chi connectivity index (χ1n) is 9.75. The van der Waals surface area contributed by atoms with E-state index in [0.717, 1.165) is 17.8 Å². The van der Waals surface area contributed by atoms with Crippen molar-refractivity contribution in [3.63, 3.8) is 0 Å². The summed E-state index contributed by atoms with van der Waals surface area (Å²) in [6.45, 7) is 3.55. The average Bonchev–Trinajstić information content (AvgIpc) is 2.75. The summed E-state index contributed by atoms with van der Waals surface area (Å²) in [7, 11) is 0. The van der Waals surface area contributed by atoms with Gasteiger partial charge in [-0.3, -0.25) is 4.90 Å². The largest absolute Gasteiger partial charge is 0.508 e. The number of hydrogen-bond acceptors (Lipinski definition) is 4. The Hall–Kier alpha value is -2.53. The summed E-state index contributed by atoms with van der Waals surface area (Å²) in [5, 5.41) is 23.6. The number of aromatic hydroxyl groups is 1. The molecular formula is C24H27ClN2O2. The van der Waals surface area contributed by atoms with Gasteiger partial charge in [-0.1, -0.05) is 54.1 Å². The molecular weight excluding hydrogens is 384 g/mol. The Kier molecular flexibility index (Phi) is 7.53. The van der Waals surface area contributed by atoms with Gasteiger partial charge in [0.2, 0.25) is 0 Å². The highest BCUT2D eigenvalue weighted by Crippen LogP contribution is 2.25. The summed E-state index contributed by atoms with van der Waals surface area (Å²) >= 11 is 6.09. The number of aliphatic hydroxyl groups excluding tert-OH is 1. The molecule has 0 saturated heterocycles. The maximum absolute atomic E-state index is 9.82. The molecule has 3 aromatic carbocycles. The van der Waals surface area contributed by atoms with E-state index in [0.29, 0.717) is 11.6 Å². The van der Waals surface area contributed by atoms with E-state index in [2.05, 4.69) is 22.3 Å². The Morgan fingerprint density at radius 2 is 1.59 bits per heavy atom. The Bertz CT molecular complexity index is 870. The molecule has 0 saturated carbocycles. The van der Waals surface area contributed by atoms with Crippen LogP contribution in [-0.4, -0.2) is 34.3 Å². The van der Waals surface area contributed by atoms with E-state index in [4.69, 9.17) is 11.6 Å². The lowest BCUT2D eigenvalue weighted by molar-refractivity contribution is 0.123. The summed E-state index contributed by atoms with van der Waals surface area (Å²) < 4.78 is 0. The topological polar surface area (TPSA) is 55.7 Å². The first-order valence-corrected chi connectivity index (χ1v) is 10.1. The standard InChI is InChI=1S/C24H27ClN2O2/c1-18(17-28)27(15-19-5-3-2-4-6-19)16-24(20-7-9-21(25)10-8-20)26-22-11-13-23(29)14-12-22/h2-14,18,24,26,28-29H,15-17H2,1H3. The maximum atomic E-state index is 9.82. The first-order chi connectivity index (χ1) is 14.0. The molecule has 0 aliphatic rings. The van der Waals surface area contributed by atoms with Gasteiger partial charge in [-0.05, 0) is 54.4 Å². The lowest BCUT2D eigenvalue weighted by Gasteiger charge is -2.33. The predicted octanol–water partition coefficient (Wildman–Crippen LogP) is 5.08. The highest BCUT2D eigenvalue weighted by Gasteiger charge is 2.20. The lowest BCUT2D eigenvalue weighted by atomic mass is 10.0. The molecule has 0 aromatic heterocycles. The second-order valence-electron chi connectivity index (χ2n) is 7.24. The van der Waals surface area contributed by atoms with Crippen molar-refractivity contribution in [1.29, 1.82) is 0 Å². The van der Waals surface area contributed by atoms with Crippen LogP contribution in [0.15, 0.2) is 78.9 Å². The molecule has 2 atom stereocenters. The van der Waals surface area contributed by atoms with E-state index >= 15 is 0 Å². The molecule has 29 heavy (non-hydrogen) atoms. The third-order valence-electron chi connectivity index (χ3n) is 5.01. The Morgan fingerprint density at radius 1 is 0.931 bits per heavy atom. The third-order valence-corrected chi connectivity index (χ3v) is 5.27. The third kappa shape index (κ3) is 6.23. The van der Waals surface area contributed by atoms with Crippen LogP contribution in [0.25, 0.3) is 0 Å². The fourth-order valence-electron chi connectivity index (χ4n) is 3.26. The van der Waals surface area contributed by atoms with Crippen LogP contribution in [0.4, 0.5) is 5.69 Å². The van der Waals surface area contributed by atoms with Crippen molar-refractivity contribution in [3.8, 4) is 5.75 Å². The molecule has 5 heteroatoms. The Balaban J connectivity index is 1.85. The molecule has 0 spiro atoms. The van der Waals surface area contributed by atoms with E-state index in [1.54, 1.807) is 12.1 Å². The normalized spacial score (nSPS) is 13.2. The minimum absolute atomic E-state index is 0.00613. The van der Waals surface area contributed by atoms with Gasteiger partial charge in [-0.15, -0.1) is 0 Å². The molecule has 152 valence electrons. The second-order valence-corrected chi connectivity index (χ2v) is 7.68. The number of phenols is 1. The van der Waals surface area contributed by atoms with E-state index in [1.165, 1.54) is 5.56 Å². The number of phenolic OH excluding ortho intramolecular Hbond substituents is 1. The van der Waals surface area contributed by atoms with Crippen molar-refractivity contribution >= 4 is 17.3 Å². The van der Waals surface area contributed by atoms with Crippen LogP contribution in [0.1, 0.15) is 24.1 Å². The molecule has 0 aliphatic carbocycles. The Labute approximate surface area is 177 Å². The molecule has 0 aliphatic heterocycles. The summed E-state index contributed by atoms with van der Waals surface area (Å²) in [6.07, 6.45) is 0. The molecule has 2 unspecified atom stereocenters. The SMILES string of the molecule is CC(CO)N(Cc1ccccc1)CC(Nc1ccc(O)cc1)c1ccc(Cl)cc1. The smallest absolute Gasteiger partial charge is 0.115 e. The fourth-order valence-corrected chi connectivity index (χ4v) is 3.38. The lowest BCUT2D eigenvalue weighted by Crippen LogP contribution is -2.39. The van der Waals surface area contributed by atoms with Crippen molar-refractivity contribution in [2.24, 2.45) is 0 Å². The number of nitrogens with zero attached hydrogens (tertiary/aromatic N) is 1. The maximum Gasteiger partial charge on any atom is 0.115 e. The minimum atomic E-state index is -0.0190. The molecule has 0 fully saturated rings. The highest BCUT2D eigenvalue weighted by molar-refractivity contribution is 6.30. The van der Waals surface area contributed by atoms with Gasteiger partial charge in [0.1, 0.15) is 5.75 Å². The molecule has 0 radical (unpaired) electrons. The van der Waals surface area contributed by atoms with Gasteiger partial charge in [0.05, 0.1) is 12.6 Å². The van der Waals surface area contributed by atoms with E-state index in [-0.39, 0.29) is 24.4 Å². The zero-order valence-electron chi connectivity index (χ0n) is 16.5. The number of rotatable bonds is 9. The summed E-state index contributed by atoms with van der Waals surface area (Å²) in [6, 6.07) is 25.1. The monoisotopic (exact) mass is 410 g/mol. The van der Waals surface area contributed by atoms with Gasteiger partial charge in [0, 0.05) is 29.8 Å². The summed E-state index contributed by atoms with van der Waals surface area (Å²) in [5.74, 6) is 0.234. The number of anilines is 1. The van der Waals surface area contributed by atoms with Crippen molar-refractivity contribution in [2.75, 3.05) is 18.5 Å². The van der Waals surface area contributed by atoms with Gasteiger partial charge in [0.15, 0.2) is 0 Å². The molecule has 0 bridgehead atoms.